The molecule has 1 N–H and O–H groups in total. The van der Waals surface area contributed by atoms with Gasteiger partial charge in [-0.15, -0.1) is 0 Å². The van der Waals surface area contributed by atoms with Gasteiger partial charge in [0.15, 0.2) is 0 Å². The van der Waals surface area contributed by atoms with E-state index in [2.05, 4.69) is 60.8 Å². The molecular formula is C17H19NO. The predicted octanol–water partition coefficient (Wildman–Crippen LogP) is 3.32. The molecule has 2 heteroatoms. The van der Waals surface area contributed by atoms with Crippen LogP contribution in [0.2, 0.25) is 0 Å². The first kappa shape index (κ1) is 12.2. The van der Waals surface area contributed by atoms with Crippen LogP contribution in [0.4, 0.5) is 0 Å². The minimum absolute atomic E-state index is 0.343. The first-order valence-electron chi connectivity index (χ1n) is 6.89. The number of hydrogen-bond donors (Lipinski definition) is 1. The quantitative estimate of drug-likeness (QED) is 0.902. The van der Waals surface area contributed by atoms with E-state index < -0.39 is 0 Å². The van der Waals surface area contributed by atoms with Crippen LogP contribution in [-0.4, -0.2) is 13.2 Å². The summed E-state index contributed by atoms with van der Waals surface area (Å²) in [5.74, 6) is 1.03. The molecule has 19 heavy (non-hydrogen) atoms. The Bertz CT molecular complexity index is 548. The molecule has 0 aromatic heterocycles. The molecule has 98 valence electrons. The maximum absolute atomic E-state index is 5.71. The minimum Gasteiger partial charge on any atom is -0.491 e. The minimum atomic E-state index is 0.343. The van der Waals surface area contributed by atoms with Gasteiger partial charge in [0.25, 0.3) is 0 Å². The Morgan fingerprint density at radius 3 is 2.74 bits per heavy atom. The number of nitrogens with one attached hydrogen (secondary N) is 1. The third kappa shape index (κ3) is 2.64. The third-order valence-corrected chi connectivity index (χ3v) is 3.56. The zero-order valence-corrected chi connectivity index (χ0v) is 11.2. The summed E-state index contributed by atoms with van der Waals surface area (Å²) < 4.78 is 5.71. The van der Waals surface area contributed by atoms with Gasteiger partial charge in [-0.3, -0.25) is 0 Å². The van der Waals surface area contributed by atoms with Gasteiger partial charge in [0.1, 0.15) is 12.4 Å². The summed E-state index contributed by atoms with van der Waals surface area (Å²) in [5, 5.41) is 3.47. The molecule has 3 rings (SSSR count). The van der Waals surface area contributed by atoms with Gasteiger partial charge in [-0.05, 0) is 30.2 Å². The van der Waals surface area contributed by atoms with Crippen molar-refractivity contribution in [1.29, 1.82) is 0 Å². The molecule has 0 saturated carbocycles. The Morgan fingerprint density at radius 1 is 1.11 bits per heavy atom. The van der Waals surface area contributed by atoms with Gasteiger partial charge in [0, 0.05) is 5.56 Å². The Morgan fingerprint density at radius 2 is 1.95 bits per heavy atom. The average Bonchev–Trinajstić information content (AvgIpc) is 2.83. The van der Waals surface area contributed by atoms with Gasteiger partial charge >= 0.3 is 0 Å². The molecule has 0 amide bonds. The SMILES string of the molecule is CCNC1COc2ccc(Cc3ccccc3)cc21. The monoisotopic (exact) mass is 253 g/mol. The molecular weight excluding hydrogens is 234 g/mol. The highest BCUT2D eigenvalue weighted by Gasteiger charge is 2.23. The van der Waals surface area contributed by atoms with E-state index in [4.69, 9.17) is 4.74 Å². The van der Waals surface area contributed by atoms with Crippen LogP contribution in [0, 0.1) is 0 Å². The fourth-order valence-corrected chi connectivity index (χ4v) is 2.62. The lowest BCUT2D eigenvalue weighted by molar-refractivity contribution is 0.313. The molecule has 1 unspecified atom stereocenters. The number of ether oxygens (including phenoxy) is 1. The standard InChI is InChI=1S/C17H19NO/c1-2-18-16-12-19-17-9-8-14(11-15(16)17)10-13-6-4-3-5-7-13/h3-9,11,16,18H,2,10,12H2,1H3. The van der Waals surface area contributed by atoms with Crippen LogP contribution in [0.3, 0.4) is 0 Å². The highest BCUT2D eigenvalue weighted by molar-refractivity contribution is 5.43. The van der Waals surface area contributed by atoms with E-state index in [-0.39, 0.29) is 0 Å². The second kappa shape index (κ2) is 5.45. The number of rotatable bonds is 4. The topological polar surface area (TPSA) is 21.3 Å². The Kier molecular flexibility index (Phi) is 3.51. The van der Waals surface area contributed by atoms with Gasteiger partial charge in [-0.2, -0.15) is 0 Å². The second-order valence-electron chi connectivity index (χ2n) is 4.96. The number of likely N-dealkylation sites (N-methyl/N-ethyl adjacent to an activating group) is 1. The first-order valence-corrected chi connectivity index (χ1v) is 6.89. The average molecular weight is 253 g/mol. The first-order chi connectivity index (χ1) is 9.36. The molecule has 1 heterocycles. The zero-order chi connectivity index (χ0) is 13.1. The maximum Gasteiger partial charge on any atom is 0.124 e. The fourth-order valence-electron chi connectivity index (χ4n) is 2.62. The molecule has 0 spiro atoms. The van der Waals surface area contributed by atoms with E-state index in [0.29, 0.717) is 6.04 Å². The number of fused-ring (bicyclic) bond motifs is 1. The van der Waals surface area contributed by atoms with Crippen LogP contribution < -0.4 is 10.1 Å². The summed E-state index contributed by atoms with van der Waals surface area (Å²) in [6.45, 7) is 3.85. The Balaban J connectivity index is 1.83. The van der Waals surface area contributed by atoms with E-state index in [0.717, 1.165) is 25.3 Å². The molecule has 1 atom stereocenters. The number of benzene rings is 2. The molecule has 0 aliphatic carbocycles. The molecule has 2 nitrogen and oxygen atoms in total. The van der Waals surface area contributed by atoms with Gasteiger partial charge in [0.05, 0.1) is 6.04 Å². The third-order valence-electron chi connectivity index (χ3n) is 3.56. The second-order valence-corrected chi connectivity index (χ2v) is 4.96. The van der Waals surface area contributed by atoms with Crippen molar-refractivity contribution in [3.8, 4) is 5.75 Å². The summed E-state index contributed by atoms with van der Waals surface area (Å²) >= 11 is 0. The molecule has 1 aliphatic heterocycles. The summed E-state index contributed by atoms with van der Waals surface area (Å²) in [5.41, 5.74) is 4.00. The Hall–Kier alpha value is -1.80. The molecule has 1 aliphatic rings. The van der Waals surface area contributed by atoms with Crippen LogP contribution in [-0.2, 0) is 6.42 Å². The van der Waals surface area contributed by atoms with Crippen LogP contribution in [0.15, 0.2) is 48.5 Å². The van der Waals surface area contributed by atoms with Crippen molar-refractivity contribution in [1.82, 2.24) is 5.32 Å². The molecule has 0 saturated heterocycles. The van der Waals surface area contributed by atoms with Crippen molar-refractivity contribution in [3.63, 3.8) is 0 Å². The highest BCUT2D eigenvalue weighted by atomic mass is 16.5. The largest absolute Gasteiger partial charge is 0.491 e. The van der Waals surface area contributed by atoms with Crippen molar-refractivity contribution >= 4 is 0 Å². The summed E-state index contributed by atoms with van der Waals surface area (Å²) in [6.07, 6.45) is 0.979. The van der Waals surface area contributed by atoms with E-state index in [9.17, 15) is 0 Å². The molecule has 0 bridgehead atoms. The summed E-state index contributed by atoms with van der Waals surface area (Å²) in [4.78, 5) is 0. The van der Waals surface area contributed by atoms with Crippen molar-refractivity contribution in [2.45, 2.75) is 19.4 Å². The maximum atomic E-state index is 5.71. The predicted molar refractivity (Wildman–Crippen MR) is 77.6 cm³/mol. The van der Waals surface area contributed by atoms with Crippen LogP contribution in [0.5, 0.6) is 5.75 Å². The van der Waals surface area contributed by atoms with Crippen molar-refractivity contribution in [2.24, 2.45) is 0 Å². The van der Waals surface area contributed by atoms with Crippen LogP contribution in [0.1, 0.15) is 29.7 Å². The normalized spacial score (nSPS) is 17.0. The molecule has 2 aromatic rings. The van der Waals surface area contributed by atoms with Gasteiger partial charge in [0.2, 0.25) is 0 Å². The molecule has 2 aromatic carbocycles. The summed E-state index contributed by atoms with van der Waals surface area (Å²) in [6, 6.07) is 17.5. The van der Waals surface area contributed by atoms with Gasteiger partial charge < -0.3 is 10.1 Å². The zero-order valence-electron chi connectivity index (χ0n) is 11.2. The smallest absolute Gasteiger partial charge is 0.124 e. The van der Waals surface area contributed by atoms with E-state index in [1.165, 1.54) is 16.7 Å². The van der Waals surface area contributed by atoms with Gasteiger partial charge in [-0.1, -0.05) is 49.4 Å². The van der Waals surface area contributed by atoms with Gasteiger partial charge in [-0.25, -0.2) is 0 Å². The van der Waals surface area contributed by atoms with Crippen molar-refractivity contribution < 1.29 is 4.74 Å². The van der Waals surface area contributed by atoms with Crippen LogP contribution >= 0.6 is 0 Å². The van der Waals surface area contributed by atoms with E-state index in [1.54, 1.807) is 0 Å². The van der Waals surface area contributed by atoms with Crippen LogP contribution in [0.25, 0.3) is 0 Å². The lowest BCUT2D eigenvalue weighted by atomic mass is 10.00. The Labute approximate surface area is 114 Å². The van der Waals surface area contributed by atoms with Crippen molar-refractivity contribution in [3.05, 3.63) is 65.2 Å². The molecule has 0 radical (unpaired) electrons. The number of hydrogen-bond acceptors (Lipinski definition) is 2. The summed E-state index contributed by atoms with van der Waals surface area (Å²) in [7, 11) is 0. The highest BCUT2D eigenvalue weighted by Crippen LogP contribution is 2.33. The molecule has 0 fully saturated rings. The van der Waals surface area contributed by atoms with Crippen molar-refractivity contribution in [2.75, 3.05) is 13.2 Å². The fraction of sp³-hybridized carbons (Fsp3) is 0.294. The van der Waals surface area contributed by atoms with E-state index >= 15 is 0 Å². The van der Waals surface area contributed by atoms with E-state index in [1.807, 2.05) is 0 Å². The lowest BCUT2D eigenvalue weighted by Crippen LogP contribution is -2.21. The lowest BCUT2D eigenvalue weighted by Gasteiger charge is -2.10.